The fourth-order valence-corrected chi connectivity index (χ4v) is 2.66. The van der Waals surface area contributed by atoms with Crippen molar-refractivity contribution in [3.63, 3.8) is 0 Å². The minimum absolute atomic E-state index is 0.580. The smallest absolute Gasteiger partial charge is 0.100 e. The predicted molar refractivity (Wildman–Crippen MR) is 65.7 cm³/mol. The van der Waals surface area contributed by atoms with Crippen molar-refractivity contribution in [1.29, 1.82) is 5.26 Å². The van der Waals surface area contributed by atoms with Crippen molar-refractivity contribution in [2.75, 3.05) is 19.8 Å². The summed E-state index contributed by atoms with van der Waals surface area (Å²) in [5.74, 6) is 0. The Morgan fingerprint density at radius 1 is 1.53 bits per heavy atom. The van der Waals surface area contributed by atoms with Gasteiger partial charge in [-0.2, -0.15) is 5.26 Å². The average molecular weight is 252 g/mol. The molecule has 92 valence electrons. The van der Waals surface area contributed by atoms with Crippen LogP contribution in [-0.2, 0) is 11.3 Å². The molecule has 0 amide bonds. The number of thiophene rings is 1. The molecule has 1 aliphatic heterocycles. The first kappa shape index (κ1) is 12.5. The zero-order chi connectivity index (χ0) is 12.1. The zero-order valence-corrected chi connectivity index (χ0v) is 10.4. The van der Waals surface area contributed by atoms with E-state index in [4.69, 9.17) is 10.00 Å². The molecule has 2 rings (SSSR count). The van der Waals surface area contributed by atoms with Gasteiger partial charge in [0.05, 0.1) is 11.2 Å². The second kappa shape index (κ2) is 5.61. The van der Waals surface area contributed by atoms with Crippen LogP contribution in [0.3, 0.4) is 0 Å². The normalized spacial score (nSPS) is 18.8. The van der Waals surface area contributed by atoms with Crippen LogP contribution in [0.2, 0.25) is 0 Å². The van der Waals surface area contributed by atoms with Gasteiger partial charge < -0.3 is 15.2 Å². The number of aliphatic hydroxyl groups is 1. The largest absolute Gasteiger partial charge is 0.388 e. The summed E-state index contributed by atoms with van der Waals surface area (Å²) in [7, 11) is 0. The lowest BCUT2D eigenvalue weighted by atomic mass is 9.94. The highest BCUT2D eigenvalue weighted by atomic mass is 32.1. The third-order valence-electron chi connectivity index (χ3n) is 2.96. The number of nitrogens with one attached hydrogen (secondary N) is 1. The Bertz CT molecular complexity index is 405. The molecule has 1 saturated heterocycles. The molecule has 1 fully saturated rings. The summed E-state index contributed by atoms with van der Waals surface area (Å²) in [5.41, 5.74) is 0.0738. The molecule has 0 bridgehead atoms. The third kappa shape index (κ3) is 3.51. The lowest BCUT2D eigenvalue weighted by Gasteiger charge is -2.32. The summed E-state index contributed by atoms with van der Waals surface area (Å²) in [5, 5.41) is 24.0. The molecule has 1 aromatic rings. The molecule has 5 heteroatoms. The Labute approximate surface area is 105 Å². The van der Waals surface area contributed by atoms with Crippen LogP contribution in [0.5, 0.6) is 0 Å². The summed E-state index contributed by atoms with van der Waals surface area (Å²) in [6.07, 6.45) is 1.38. The standard InChI is InChI=1S/C12H16N2O2S/c13-6-10-5-11(17-8-10)7-14-9-12(15)1-3-16-4-2-12/h5,8,14-15H,1-4,7,9H2. The number of nitrogens with zero attached hydrogens (tertiary/aromatic N) is 1. The molecule has 0 spiro atoms. The average Bonchev–Trinajstić information content (AvgIpc) is 2.78. The lowest BCUT2D eigenvalue weighted by Crippen LogP contribution is -2.44. The van der Waals surface area contributed by atoms with Crippen molar-refractivity contribution < 1.29 is 9.84 Å². The molecule has 0 aliphatic carbocycles. The first-order valence-corrected chi connectivity index (χ1v) is 6.58. The Balaban J connectivity index is 1.77. The Morgan fingerprint density at radius 2 is 2.29 bits per heavy atom. The molecular weight excluding hydrogens is 236 g/mol. The van der Waals surface area contributed by atoms with Crippen LogP contribution < -0.4 is 5.32 Å². The van der Waals surface area contributed by atoms with Gasteiger partial charge in [-0.1, -0.05) is 0 Å². The molecule has 0 saturated carbocycles. The van der Waals surface area contributed by atoms with Crippen molar-refractivity contribution >= 4 is 11.3 Å². The number of hydrogen-bond donors (Lipinski definition) is 2. The Kier molecular flexibility index (Phi) is 4.13. The molecule has 1 aliphatic rings. The molecule has 2 heterocycles. The minimum Gasteiger partial charge on any atom is -0.388 e. The van der Waals surface area contributed by atoms with E-state index in [9.17, 15) is 5.11 Å². The van der Waals surface area contributed by atoms with Gasteiger partial charge in [-0.15, -0.1) is 11.3 Å². The SMILES string of the molecule is N#Cc1csc(CNCC2(O)CCOCC2)c1. The number of rotatable bonds is 4. The van der Waals surface area contributed by atoms with Crippen LogP contribution >= 0.6 is 11.3 Å². The van der Waals surface area contributed by atoms with E-state index in [2.05, 4.69) is 11.4 Å². The van der Waals surface area contributed by atoms with E-state index >= 15 is 0 Å². The quantitative estimate of drug-likeness (QED) is 0.846. The fourth-order valence-electron chi connectivity index (χ4n) is 1.88. The zero-order valence-electron chi connectivity index (χ0n) is 9.61. The lowest BCUT2D eigenvalue weighted by molar-refractivity contribution is -0.0616. The van der Waals surface area contributed by atoms with E-state index in [0.717, 1.165) is 4.88 Å². The van der Waals surface area contributed by atoms with E-state index in [1.165, 1.54) is 0 Å². The Morgan fingerprint density at radius 3 is 2.94 bits per heavy atom. The number of nitriles is 1. The van der Waals surface area contributed by atoms with Gasteiger partial charge in [0.2, 0.25) is 0 Å². The van der Waals surface area contributed by atoms with Gasteiger partial charge in [-0.25, -0.2) is 0 Å². The first-order valence-electron chi connectivity index (χ1n) is 5.70. The van der Waals surface area contributed by atoms with E-state index in [0.29, 0.717) is 44.7 Å². The predicted octanol–water partition coefficient (Wildman–Crippen LogP) is 1.25. The highest BCUT2D eigenvalue weighted by Gasteiger charge is 2.29. The highest BCUT2D eigenvalue weighted by Crippen LogP contribution is 2.20. The van der Waals surface area contributed by atoms with E-state index in [-0.39, 0.29) is 0 Å². The molecule has 0 unspecified atom stereocenters. The maximum Gasteiger partial charge on any atom is 0.100 e. The van der Waals surface area contributed by atoms with Gasteiger partial charge in [0.1, 0.15) is 6.07 Å². The van der Waals surface area contributed by atoms with Crippen molar-refractivity contribution in [1.82, 2.24) is 5.32 Å². The maximum absolute atomic E-state index is 10.2. The third-order valence-corrected chi connectivity index (χ3v) is 3.90. The summed E-state index contributed by atoms with van der Waals surface area (Å²) < 4.78 is 5.23. The van der Waals surface area contributed by atoms with Crippen molar-refractivity contribution in [2.45, 2.75) is 25.0 Å². The molecule has 0 atom stereocenters. The fraction of sp³-hybridized carbons (Fsp3) is 0.583. The van der Waals surface area contributed by atoms with Gasteiger partial charge in [0.25, 0.3) is 0 Å². The number of ether oxygens (including phenoxy) is 1. The van der Waals surface area contributed by atoms with Gasteiger partial charge >= 0.3 is 0 Å². The van der Waals surface area contributed by atoms with Gasteiger partial charge in [-0.05, 0) is 6.07 Å². The van der Waals surface area contributed by atoms with Crippen LogP contribution in [0.4, 0.5) is 0 Å². The van der Waals surface area contributed by atoms with E-state index in [1.807, 2.05) is 11.4 Å². The van der Waals surface area contributed by atoms with Crippen LogP contribution in [0.25, 0.3) is 0 Å². The summed E-state index contributed by atoms with van der Waals surface area (Å²) in [6, 6.07) is 3.99. The summed E-state index contributed by atoms with van der Waals surface area (Å²) in [6.45, 7) is 2.55. The van der Waals surface area contributed by atoms with Gasteiger partial charge in [0.15, 0.2) is 0 Å². The monoisotopic (exact) mass is 252 g/mol. The minimum atomic E-state index is -0.631. The van der Waals surface area contributed by atoms with Crippen molar-refractivity contribution in [3.8, 4) is 6.07 Å². The van der Waals surface area contributed by atoms with Gasteiger partial charge in [0, 0.05) is 49.4 Å². The van der Waals surface area contributed by atoms with Crippen LogP contribution in [0.15, 0.2) is 11.4 Å². The second-order valence-corrected chi connectivity index (χ2v) is 5.35. The van der Waals surface area contributed by atoms with E-state index < -0.39 is 5.60 Å². The number of hydrogen-bond acceptors (Lipinski definition) is 5. The van der Waals surface area contributed by atoms with Crippen LogP contribution in [0.1, 0.15) is 23.3 Å². The summed E-state index contributed by atoms with van der Waals surface area (Å²) in [4.78, 5) is 1.12. The molecule has 0 aromatic carbocycles. The molecule has 0 radical (unpaired) electrons. The molecule has 17 heavy (non-hydrogen) atoms. The maximum atomic E-state index is 10.2. The molecular formula is C12H16N2O2S. The van der Waals surface area contributed by atoms with Crippen LogP contribution in [0, 0.1) is 11.3 Å². The molecule has 4 nitrogen and oxygen atoms in total. The Hall–Kier alpha value is -0.930. The topological polar surface area (TPSA) is 65.3 Å². The van der Waals surface area contributed by atoms with Gasteiger partial charge in [-0.3, -0.25) is 0 Å². The van der Waals surface area contributed by atoms with Crippen LogP contribution in [-0.4, -0.2) is 30.5 Å². The molecule has 2 N–H and O–H groups in total. The second-order valence-electron chi connectivity index (χ2n) is 4.35. The first-order chi connectivity index (χ1) is 8.22. The van der Waals surface area contributed by atoms with Crippen molar-refractivity contribution in [3.05, 3.63) is 21.9 Å². The van der Waals surface area contributed by atoms with E-state index in [1.54, 1.807) is 11.3 Å². The van der Waals surface area contributed by atoms with Crippen molar-refractivity contribution in [2.24, 2.45) is 0 Å². The highest BCUT2D eigenvalue weighted by molar-refractivity contribution is 7.10. The molecule has 1 aromatic heterocycles. The summed E-state index contributed by atoms with van der Waals surface area (Å²) >= 11 is 1.57.